The zero-order valence-electron chi connectivity index (χ0n) is 16.9. The first-order valence-electron chi connectivity index (χ1n) is 9.28. The van der Waals surface area contributed by atoms with Gasteiger partial charge in [-0.15, -0.1) is 0 Å². The molecule has 0 saturated carbocycles. The van der Waals surface area contributed by atoms with Gasteiger partial charge in [-0.25, -0.2) is 13.6 Å². The molecule has 2 aromatic carbocycles. The SMILES string of the molecule is Cc1ccccc1-n1c(C)cc(C(=O)NC(C)c2cccc(S(N)(=O)=O)c2)c1C. The van der Waals surface area contributed by atoms with Crippen LogP contribution in [-0.2, 0) is 10.0 Å². The number of aryl methyl sites for hydroxylation is 2. The number of aromatic nitrogens is 1. The quantitative estimate of drug-likeness (QED) is 0.672. The molecule has 3 rings (SSSR count). The number of carbonyl (C=O) groups is 1. The maximum atomic E-state index is 12.9. The normalized spacial score (nSPS) is 12.6. The summed E-state index contributed by atoms with van der Waals surface area (Å²) in [6, 6.07) is 15.8. The van der Waals surface area contributed by atoms with E-state index in [9.17, 15) is 13.2 Å². The fourth-order valence-electron chi connectivity index (χ4n) is 3.50. The van der Waals surface area contributed by atoms with Crippen LogP contribution in [0.3, 0.4) is 0 Å². The van der Waals surface area contributed by atoms with E-state index in [-0.39, 0.29) is 16.8 Å². The van der Waals surface area contributed by atoms with E-state index < -0.39 is 10.0 Å². The lowest BCUT2D eigenvalue weighted by Gasteiger charge is -2.16. The van der Waals surface area contributed by atoms with Crippen molar-refractivity contribution < 1.29 is 13.2 Å². The van der Waals surface area contributed by atoms with Crippen LogP contribution in [0.1, 0.15) is 45.8 Å². The molecule has 0 aliphatic rings. The van der Waals surface area contributed by atoms with Gasteiger partial charge >= 0.3 is 0 Å². The third kappa shape index (κ3) is 4.26. The molecule has 1 aromatic heterocycles. The molecule has 29 heavy (non-hydrogen) atoms. The molecule has 3 aromatic rings. The van der Waals surface area contributed by atoms with Crippen molar-refractivity contribution in [2.45, 2.75) is 38.6 Å². The summed E-state index contributed by atoms with van der Waals surface area (Å²) in [4.78, 5) is 13.0. The van der Waals surface area contributed by atoms with Crippen LogP contribution in [0.5, 0.6) is 0 Å². The molecular weight excluding hydrogens is 386 g/mol. The van der Waals surface area contributed by atoms with E-state index in [4.69, 9.17) is 5.14 Å². The number of nitrogens with two attached hydrogens (primary N) is 1. The van der Waals surface area contributed by atoms with Crippen molar-refractivity contribution in [2.75, 3.05) is 0 Å². The van der Waals surface area contributed by atoms with Crippen molar-refractivity contribution in [1.29, 1.82) is 0 Å². The van der Waals surface area contributed by atoms with Crippen LogP contribution >= 0.6 is 0 Å². The predicted octanol–water partition coefficient (Wildman–Crippen LogP) is 3.54. The summed E-state index contributed by atoms with van der Waals surface area (Å²) in [5.41, 5.74) is 5.22. The third-order valence-corrected chi connectivity index (χ3v) is 5.98. The molecule has 3 N–H and O–H groups in total. The highest BCUT2D eigenvalue weighted by molar-refractivity contribution is 7.89. The Bertz CT molecular complexity index is 1180. The first-order valence-corrected chi connectivity index (χ1v) is 10.8. The molecular formula is C22H25N3O3S. The molecule has 0 fully saturated rings. The van der Waals surface area contributed by atoms with Crippen molar-refractivity contribution >= 4 is 15.9 Å². The van der Waals surface area contributed by atoms with Gasteiger partial charge in [-0.3, -0.25) is 4.79 Å². The van der Waals surface area contributed by atoms with Crippen molar-refractivity contribution in [2.24, 2.45) is 5.14 Å². The molecule has 1 unspecified atom stereocenters. The minimum absolute atomic E-state index is 0.0221. The van der Waals surface area contributed by atoms with Gasteiger partial charge in [0.05, 0.1) is 16.5 Å². The van der Waals surface area contributed by atoms with Gasteiger partial charge in [0.2, 0.25) is 10.0 Å². The van der Waals surface area contributed by atoms with Gasteiger partial charge in [0.25, 0.3) is 5.91 Å². The van der Waals surface area contributed by atoms with Crippen molar-refractivity contribution in [3.05, 3.63) is 82.7 Å². The van der Waals surface area contributed by atoms with E-state index in [0.29, 0.717) is 11.1 Å². The smallest absolute Gasteiger partial charge is 0.253 e. The summed E-state index contributed by atoms with van der Waals surface area (Å²) < 4.78 is 25.2. The number of hydrogen-bond donors (Lipinski definition) is 2. The average Bonchev–Trinajstić information content (AvgIpc) is 2.96. The van der Waals surface area contributed by atoms with Gasteiger partial charge in [0.1, 0.15) is 0 Å². The molecule has 1 heterocycles. The van der Waals surface area contributed by atoms with Crippen LogP contribution in [0.4, 0.5) is 0 Å². The highest BCUT2D eigenvalue weighted by atomic mass is 32.2. The molecule has 0 aliphatic carbocycles. The topological polar surface area (TPSA) is 94.2 Å². The monoisotopic (exact) mass is 411 g/mol. The first-order chi connectivity index (χ1) is 13.6. The maximum Gasteiger partial charge on any atom is 0.253 e. The molecule has 7 heteroatoms. The van der Waals surface area contributed by atoms with Gasteiger partial charge in [-0.2, -0.15) is 0 Å². The van der Waals surface area contributed by atoms with E-state index in [1.54, 1.807) is 19.1 Å². The second-order valence-corrected chi connectivity index (χ2v) is 8.78. The number of benzene rings is 2. The second-order valence-electron chi connectivity index (χ2n) is 7.22. The van der Waals surface area contributed by atoms with E-state index in [0.717, 1.165) is 22.6 Å². The average molecular weight is 412 g/mol. The largest absolute Gasteiger partial charge is 0.345 e. The predicted molar refractivity (Wildman–Crippen MR) is 114 cm³/mol. The van der Waals surface area contributed by atoms with E-state index in [1.807, 2.05) is 51.1 Å². The first kappa shape index (κ1) is 20.8. The summed E-state index contributed by atoms with van der Waals surface area (Å²) in [5, 5.41) is 8.16. The number of sulfonamides is 1. The fourth-order valence-corrected chi connectivity index (χ4v) is 4.06. The number of primary sulfonamides is 1. The standard InChI is InChI=1S/C22H25N3O3S/c1-14-8-5-6-11-21(14)25-15(2)12-20(17(25)4)22(26)24-16(3)18-9-7-10-19(13-18)29(23,27)28/h5-13,16H,1-4H3,(H,24,26)(H2,23,27,28). The van der Waals surface area contributed by atoms with E-state index in [1.165, 1.54) is 12.1 Å². The maximum absolute atomic E-state index is 12.9. The van der Waals surface area contributed by atoms with Crippen molar-refractivity contribution in [3.63, 3.8) is 0 Å². The number of amides is 1. The Morgan fingerprint density at radius 3 is 2.38 bits per heavy atom. The van der Waals surface area contributed by atoms with Gasteiger partial charge in [-0.1, -0.05) is 30.3 Å². The van der Waals surface area contributed by atoms with Crippen LogP contribution in [0, 0.1) is 20.8 Å². The van der Waals surface area contributed by atoms with Gasteiger partial charge < -0.3 is 9.88 Å². The molecule has 1 amide bonds. The Morgan fingerprint density at radius 2 is 1.72 bits per heavy atom. The molecule has 1 atom stereocenters. The summed E-state index contributed by atoms with van der Waals surface area (Å²) in [7, 11) is -3.80. The highest BCUT2D eigenvalue weighted by Crippen LogP contribution is 2.24. The van der Waals surface area contributed by atoms with Crippen LogP contribution < -0.4 is 10.5 Å². The Kier molecular flexibility index (Phi) is 5.64. The molecule has 0 spiro atoms. The fraction of sp³-hybridized carbons (Fsp3) is 0.227. The van der Waals surface area contributed by atoms with Gasteiger partial charge in [-0.05, 0) is 63.1 Å². The number of nitrogens with one attached hydrogen (secondary N) is 1. The minimum Gasteiger partial charge on any atom is -0.345 e. The van der Waals surface area contributed by atoms with Crippen LogP contribution in [0.15, 0.2) is 59.5 Å². The molecule has 6 nitrogen and oxygen atoms in total. The second kappa shape index (κ2) is 7.85. The number of nitrogens with zero attached hydrogens (tertiary/aromatic N) is 1. The minimum atomic E-state index is -3.80. The van der Waals surface area contributed by atoms with Gasteiger partial charge in [0.15, 0.2) is 0 Å². The van der Waals surface area contributed by atoms with E-state index >= 15 is 0 Å². The zero-order valence-corrected chi connectivity index (χ0v) is 17.7. The molecule has 152 valence electrons. The Balaban J connectivity index is 1.89. The summed E-state index contributed by atoms with van der Waals surface area (Å²) in [6.07, 6.45) is 0. The molecule has 0 aliphatic heterocycles. The Morgan fingerprint density at radius 1 is 1.03 bits per heavy atom. The number of hydrogen-bond acceptors (Lipinski definition) is 3. The van der Waals surface area contributed by atoms with Crippen LogP contribution in [0.2, 0.25) is 0 Å². The van der Waals surface area contributed by atoms with E-state index in [2.05, 4.69) is 9.88 Å². The summed E-state index contributed by atoms with van der Waals surface area (Å²) >= 11 is 0. The molecule has 0 saturated heterocycles. The molecule has 0 radical (unpaired) electrons. The Labute approximate surface area is 171 Å². The number of rotatable bonds is 5. The lowest BCUT2D eigenvalue weighted by Crippen LogP contribution is -2.27. The lowest BCUT2D eigenvalue weighted by molar-refractivity contribution is 0.0939. The Hall–Kier alpha value is -2.90. The zero-order chi connectivity index (χ0) is 21.3. The summed E-state index contributed by atoms with van der Waals surface area (Å²) in [5.74, 6) is -0.216. The van der Waals surface area contributed by atoms with Crippen molar-refractivity contribution in [1.82, 2.24) is 9.88 Å². The lowest BCUT2D eigenvalue weighted by atomic mass is 10.1. The third-order valence-electron chi connectivity index (χ3n) is 5.07. The van der Waals surface area contributed by atoms with Crippen LogP contribution in [0.25, 0.3) is 5.69 Å². The van der Waals surface area contributed by atoms with Crippen LogP contribution in [-0.4, -0.2) is 18.9 Å². The van der Waals surface area contributed by atoms with Gasteiger partial charge in [0, 0.05) is 17.1 Å². The number of para-hydroxylation sites is 1. The number of carbonyl (C=O) groups excluding carboxylic acids is 1. The molecule has 0 bridgehead atoms. The summed E-state index contributed by atoms with van der Waals surface area (Å²) in [6.45, 7) is 7.73. The van der Waals surface area contributed by atoms with Crippen molar-refractivity contribution in [3.8, 4) is 5.69 Å². The highest BCUT2D eigenvalue weighted by Gasteiger charge is 2.20.